The number of hydrogen-bond donors (Lipinski definition) is 3. The number of nitrogens with one attached hydrogen (secondary N) is 3. The summed E-state index contributed by atoms with van der Waals surface area (Å²) in [7, 11) is 0. The molecule has 1 saturated heterocycles. The lowest BCUT2D eigenvalue weighted by molar-refractivity contribution is -0.115. The number of rotatable bonds is 5. The van der Waals surface area contributed by atoms with Gasteiger partial charge in [0.2, 0.25) is 5.91 Å². The Balaban J connectivity index is 1.58. The van der Waals surface area contributed by atoms with Crippen LogP contribution < -0.4 is 20.9 Å². The third kappa shape index (κ3) is 4.69. The van der Waals surface area contributed by atoms with Gasteiger partial charge in [0.25, 0.3) is 5.91 Å². The molecular weight excluding hydrogens is 391 g/mol. The van der Waals surface area contributed by atoms with Crippen LogP contribution in [0.3, 0.4) is 0 Å². The molecule has 4 amide bonds. The summed E-state index contributed by atoms with van der Waals surface area (Å²) in [5, 5.41) is 8.53. The van der Waals surface area contributed by atoms with Crippen molar-refractivity contribution in [1.29, 1.82) is 0 Å². The first kappa shape index (κ1) is 19.0. The Labute approximate surface area is 165 Å². The van der Waals surface area contributed by atoms with Crippen LogP contribution in [0.2, 0.25) is 10.0 Å². The predicted octanol–water partition coefficient (Wildman–Crippen LogP) is 2.89. The van der Waals surface area contributed by atoms with Gasteiger partial charge < -0.3 is 16.0 Å². The Morgan fingerprint density at radius 3 is 2.67 bits per heavy atom. The molecular formula is C18H16Cl2N4O3. The third-order valence-corrected chi connectivity index (χ3v) is 4.43. The number of anilines is 2. The number of amides is 4. The van der Waals surface area contributed by atoms with E-state index in [0.717, 1.165) is 0 Å². The number of nitrogens with zero attached hydrogens (tertiary/aromatic N) is 1. The van der Waals surface area contributed by atoms with Crippen LogP contribution in [0.5, 0.6) is 0 Å². The van der Waals surface area contributed by atoms with Crippen LogP contribution in [0, 0.1) is 0 Å². The van der Waals surface area contributed by atoms with Gasteiger partial charge in [0, 0.05) is 29.5 Å². The molecule has 1 aliphatic heterocycles. The lowest BCUT2D eigenvalue weighted by Crippen LogP contribution is -2.33. The van der Waals surface area contributed by atoms with E-state index in [1.165, 1.54) is 12.1 Å². The maximum absolute atomic E-state index is 12.1. The zero-order chi connectivity index (χ0) is 19.4. The second-order valence-corrected chi connectivity index (χ2v) is 6.63. The van der Waals surface area contributed by atoms with Crippen LogP contribution in [0.4, 0.5) is 16.2 Å². The molecule has 0 radical (unpaired) electrons. The molecule has 0 aliphatic carbocycles. The normalized spacial score (nSPS) is 13.3. The van der Waals surface area contributed by atoms with Crippen molar-refractivity contribution in [2.24, 2.45) is 0 Å². The lowest BCUT2D eigenvalue weighted by Gasteiger charge is -2.15. The van der Waals surface area contributed by atoms with Crippen molar-refractivity contribution < 1.29 is 14.4 Å². The van der Waals surface area contributed by atoms with Crippen molar-refractivity contribution in [2.75, 3.05) is 29.9 Å². The summed E-state index contributed by atoms with van der Waals surface area (Å²) in [5.74, 6) is -0.884. The lowest BCUT2D eigenvalue weighted by atomic mass is 10.2. The minimum Gasteiger partial charge on any atom is -0.343 e. The van der Waals surface area contributed by atoms with Crippen LogP contribution in [0.1, 0.15) is 10.4 Å². The number of carbonyl (C=O) groups excluding carboxylic acids is 3. The Hall–Kier alpha value is -2.77. The van der Waals surface area contributed by atoms with Crippen molar-refractivity contribution in [3.8, 4) is 0 Å². The van der Waals surface area contributed by atoms with E-state index in [-0.39, 0.29) is 23.2 Å². The molecule has 0 unspecified atom stereocenters. The van der Waals surface area contributed by atoms with Gasteiger partial charge in [-0.1, -0.05) is 29.3 Å². The van der Waals surface area contributed by atoms with Gasteiger partial charge in [0.1, 0.15) is 0 Å². The van der Waals surface area contributed by atoms with Gasteiger partial charge in [0.15, 0.2) is 0 Å². The van der Waals surface area contributed by atoms with Crippen LogP contribution in [-0.2, 0) is 4.79 Å². The van der Waals surface area contributed by atoms with Crippen LogP contribution in [0.25, 0.3) is 0 Å². The van der Waals surface area contributed by atoms with E-state index >= 15 is 0 Å². The van der Waals surface area contributed by atoms with E-state index in [1.54, 1.807) is 35.2 Å². The first-order valence-corrected chi connectivity index (χ1v) is 8.88. The topological polar surface area (TPSA) is 90.5 Å². The first-order chi connectivity index (χ1) is 12.9. The van der Waals surface area contributed by atoms with Crippen LogP contribution >= 0.6 is 23.2 Å². The second-order valence-electron chi connectivity index (χ2n) is 5.79. The minimum atomic E-state index is -0.477. The molecule has 27 heavy (non-hydrogen) atoms. The van der Waals surface area contributed by atoms with Gasteiger partial charge in [0.05, 0.1) is 17.1 Å². The van der Waals surface area contributed by atoms with Crippen molar-refractivity contribution >= 4 is 52.4 Å². The maximum Gasteiger partial charge on any atom is 0.321 e. The standard InChI is InChI=1S/C18H16Cl2N4O3/c19-11-4-5-14(15(20)8-11)17(26)22-10-16(25)23-12-2-1-3-13(9-12)24-7-6-21-18(24)27/h1-5,8-9H,6-7,10H2,(H,21,27)(H,22,26)(H,23,25). The molecule has 1 fully saturated rings. The number of benzene rings is 2. The fourth-order valence-corrected chi connectivity index (χ4v) is 3.10. The predicted molar refractivity (Wildman–Crippen MR) is 105 cm³/mol. The SMILES string of the molecule is O=C(CNC(=O)c1ccc(Cl)cc1Cl)Nc1cccc(N2CCNC2=O)c1. The highest BCUT2D eigenvalue weighted by Gasteiger charge is 2.21. The van der Waals surface area contributed by atoms with Gasteiger partial charge in [-0.3, -0.25) is 14.5 Å². The van der Waals surface area contributed by atoms with Crippen molar-refractivity contribution in [1.82, 2.24) is 10.6 Å². The largest absolute Gasteiger partial charge is 0.343 e. The molecule has 1 heterocycles. The molecule has 1 aliphatic rings. The molecule has 3 N–H and O–H groups in total. The minimum absolute atomic E-state index is 0.175. The molecule has 7 nitrogen and oxygen atoms in total. The smallest absolute Gasteiger partial charge is 0.321 e. The summed E-state index contributed by atoms with van der Waals surface area (Å²) in [6, 6.07) is 11.2. The van der Waals surface area contributed by atoms with E-state index in [0.29, 0.717) is 29.5 Å². The maximum atomic E-state index is 12.1. The first-order valence-electron chi connectivity index (χ1n) is 8.12. The van der Waals surface area contributed by atoms with Gasteiger partial charge in [-0.2, -0.15) is 0 Å². The van der Waals surface area contributed by atoms with Gasteiger partial charge in [-0.05, 0) is 36.4 Å². The Kier molecular flexibility index (Phi) is 5.83. The van der Waals surface area contributed by atoms with Crippen molar-refractivity contribution in [2.45, 2.75) is 0 Å². The summed E-state index contributed by atoms with van der Waals surface area (Å²) in [5.41, 5.74) is 1.44. The zero-order valence-electron chi connectivity index (χ0n) is 14.1. The van der Waals surface area contributed by atoms with E-state index in [4.69, 9.17) is 23.2 Å². The molecule has 0 atom stereocenters. The Bertz CT molecular complexity index is 904. The quantitative estimate of drug-likeness (QED) is 0.712. The molecule has 2 aromatic rings. The number of hydrogen-bond acceptors (Lipinski definition) is 3. The molecule has 0 bridgehead atoms. The molecule has 2 aromatic carbocycles. The Morgan fingerprint density at radius 1 is 1.15 bits per heavy atom. The summed E-state index contributed by atoms with van der Waals surface area (Å²) in [4.78, 5) is 37.6. The van der Waals surface area contributed by atoms with Gasteiger partial charge in [-0.15, -0.1) is 0 Å². The van der Waals surface area contributed by atoms with Gasteiger partial charge in [-0.25, -0.2) is 4.79 Å². The zero-order valence-corrected chi connectivity index (χ0v) is 15.6. The monoisotopic (exact) mass is 406 g/mol. The van der Waals surface area contributed by atoms with Crippen molar-refractivity contribution in [3.63, 3.8) is 0 Å². The molecule has 0 aromatic heterocycles. The third-order valence-electron chi connectivity index (χ3n) is 3.88. The average Bonchev–Trinajstić information content (AvgIpc) is 3.06. The molecule has 3 rings (SSSR count). The number of carbonyl (C=O) groups is 3. The molecule has 0 spiro atoms. The fraction of sp³-hybridized carbons (Fsp3) is 0.167. The highest BCUT2D eigenvalue weighted by Crippen LogP contribution is 2.22. The summed E-state index contributed by atoms with van der Waals surface area (Å²) in [6.45, 7) is 0.912. The van der Waals surface area contributed by atoms with E-state index in [2.05, 4.69) is 16.0 Å². The number of urea groups is 1. The highest BCUT2D eigenvalue weighted by molar-refractivity contribution is 6.36. The summed E-state index contributed by atoms with van der Waals surface area (Å²) in [6.07, 6.45) is 0. The summed E-state index contributed by atoms with van der Waals surface area (Å²) < 4.78 is 0. The van der Waals surface area contributed by atoms with Crippen LogP contribution in [0.15, 0.2) is 42.5 Å². The average molecular weight is 407 g/mol. The highest BCUT2D eigenvalue weighted by atomic mass is 35.5. The fourth-order valence-electron chi connectivity index (χ4n) is 2.60. The molecule has 9 heteroatoms. The van der Waals surface area contributed by atoms with E-state index in [9.17, 15) is 14.4 Å². The van der Waals surface area contributed by atoms with Crippen LogP contribution in [-0.4, -0.2) is 37.5 Å². The number of halogens is 2. The second kappa shape index (κ2) is 8.28. The van der Waals surface area contributed by atoms with Gasteiger partial charge >= 0.3 is 6.03 Å². The molecule has 0 saturated carbocycles. The van der Waals surface area contributed by atoms with Crippen molar-refractivity contribution in [3.05, 3.63) is 58.1 Å². The Morgan fingerprint density at radius 2 is 1.96 bits per heavy atom. The molecule has 140 valence electrons. The van der Waals surface area contributed by atoms with E-state index < -0.39 is 11.8 Å². The summed E-state index contributed by atoms with van der Waals surface area (Å²) >= 11 is 11.8. The van der Waals surface area contributed by atoms with E-state index in [1.807, 2.05) is 0 Å².